The molecule has 0 aliphatic rings. The minimum atomic E-state index is -0.314. The third-order valence-corrected chi connectivity index (χ3v) is 2.90. The van der Waals surface area contributed by atoms with Crippen molar-refractivity contribution < 1.29 is 9.21 Å². The van der Waals surface area contributed by atoms with Gasteiger partial charge in [-0.2, -0.15) is 0 Å². The van der Waals surface area contributed by atoms with Crippen LogP contribution in [0.1, 0.15) is 19.0 Å². The van der Waals surface area contributed by atoms with E-state index in [1.807, 2.05) is 13.8 Å². The topological polar surface area (TPSA) is 81.2 Å². The first-order valence-electron chi connectivity index (χ1n) is 5.21. The summed E-state index contributed by atoms with van der Waals surface area (Å²) in [5.74, 6) is 0.437. The number of hydrogen-bond donors (Lipinski definition) is 2. The van der Waals surface area contributed by atoms with Gasteiger partial charge in [-0.25, -0.2) is 4.98 Å². The van der Waals surface area contributed by atoms with Crippen LogP contribution in [-0.2, 0) is 4.79 Å². The van der Waals surface area contributed by atoms with Gasteiger partial charge in [-0.1, -0.05) is 18.7 Å². The molecule has 1 rings (SSSR count). The van der Waals surface area contributed by atoms with Gasteiger partial charge in [0.1, 0.15) is 6.26 Å². The number of rotatable bonds is 7. The second-order valence-corrected chi connectivity index (χ2v) is 4.45. The Balaban J connectivity index is 2.30. The van der Waals surface area contributed by atoms with Crippen molar-refractivity contribution in [2.75, 3.05) is 12.3 Å². The summed E-state index contributed by atoms with van der Waals surface area (Å²) in [6, 6.07) is -0.270. The summed E-state index contributed by atoms with van der Waals surface area (Å²) in [5.41, 5.74) is 6.12. The van der Waals surface area contributed by atoms with Gasteiger partial charge in [0.15, 0.2) is 0 Å². The standard InChI is InChI=1S/C10H17N3O2S/c1-3-12-8(9(11)14)4-5-16-10-13-7(2)6-15-10/h6,8,12H,3-5H2,1-2H3,(H2,11,14). The summed E-state index contributed by atoms with van der Waals surface area (Å²) in [7, 11) is 0. The minimum absolute atomic E-state index is 0.270. The number of carbonyl (C=O) groups excluding carboxylic acids is 1. The van der Waals surface area contributed by atoms with E-state index in [9.17, 15) is 4.79 Å². The molecule has 3 N–H and O–H groups in total. The van der Waals surface area contributed by atoms with Crippen LogP contribution in [0.15, 0.2) is 15.9 Å². The summed E-state index contributed by atoms with van der Waals surface area (Å²) in [4.78, 5) is 15.2. The first kappa shape index (κ1) is 13.1. The van der Waals surface area contributed by atoms with Crippen LogP contribution in [0.5, 0.6) is 0 Å². The Bertz CT molecular complexity index is 341. The number of aryl methyl sites for hydroxylation is 1. The molecule has 1 aromatic rings. The maximum Gasteiger partial charge on any atom is 0.255 e. The maximum atomic E-state index is 11.0. The largest absolute Gasteiger partial charge is 0.440 e. The summed E-state index contributed by atoms with van der Waals surface area (Å²) < 4.78 is 5.18. The van der Waals surface area contributed by atoms with Gasteiger partial charge in [0.05, 0.1) is 11.7 Å². The van der Waals surface area contributed by atoms with Crippen molar-refractivity contribution in [2.45, 2.75) is 31.5 Å². The zero-order chi connectivity index (χ0) is 12.0. The number of nitrogens with one attached hydrogen (secondary N) is 1. The van der Waals surface area contributed by atoms with Crippen LogP contribution < -0.4 is 11.1 Å². The number of oxazole rings is 1. The first-order valence-corrected chi connectivity index (χ1v) is 6.19. The number of aromatic nitrogens is 1. The molecule has 1 unspecified atom stereocenters. The van der Waals surface area contributed by atoms with Crippen LogP contribution in [0, 0.1) is 6.92 Å². The Morgan fingerprint density at radius 3 is 3.00 bits per heavy atom. The second kappa shape index (κ2) is 6.55. The zero-order valence-corrected chi connectivity index (χ0v) is 10.3. The van der Waals surface area contributed by atoms with E-state index in [0.717, 1.165) is 18.0 Å². The van der Waals surface area contributed by atoms with Crippen LogP contribution in [0.4, 0.5) is 0 Å². The molecule has 1 atom stereocenters. The highest BCUT2D eigenvalue weighted by molar-refractivity contribution is 7.99. The van der Waals surface area contributed by atoms with Gasteiger partial charge >= 0.3 is 0 Å². The maximum absolute atomic E-state index is 11.0. The molecule has 90 valence electrons. The van der Waals surface area contributed by atoms with Crippen LogP contribution in [-0.4, -0.2) is 29.2 Å². The fourth-order valence-electron chi connectivity index (χ4n) is 1.25. The smallest absolute Gasteiger partial charge is 0.255 e. The Labute approximate surface area is 99.2 Å². The lowest BCUT2D eigenvalue weighted by Crippen LogP contribution is -2.41. The Kier molecular flexibility index (Phi) is 5.34. The monoisotopic (exact) mass is 243 g/mol. The Morgan fingerprint density at radius 1 is 1.75 bits per heavy atom. The Hall–Kier alpha value is -1.01. The quantitative estimate of drug-likeness (QED) is 0.696. The molecule has 0 fully saturated rings. The van der Waals surface area contributed by atoms with Crippen molar-refractivity contribution in [3.05, 3.63) is 12.0 Å². The van der Waals surface area contributed by atoms with E-state index >= 15 is 0 Å². The van der Waals surface area contributed by atoms with Crippen molar-refractivity contribution >= 4 is 17.7 Å². The lowest BCUT2D eigenvalue weighted by atomic mass is 10.2. The van der Waals surface area contributed by atoms with E-state index in [1.165, 1.54) is 11.8 Å². The summed E-state index contributed by atoms with van der Waals surface area (Å²) in [5, 5.41) is 3.67. The molecule has 0 spiro atoms. The Morgan fingerprint density at radius 2 is 2.50 bits per heavy atom. The molecule has 1 amide bonds. The molecule has 0 bridgehead atoms. The van der Waals surface area contributed by atoms with Crippen molar-refractivity contribution in [3.8, 4) is 0 Å². The van der Waals surface area contributed by atoms with Gasteiger partial charge in [0.25, 0.3) is 5.22 Å². The summed E-state index contributed by atoms with van der Waals surface area (Å²) in [6.45, 7) is 4.55. The summed E-state index contributed by atoms with van der Waals surface area (Å²) >= 11 is 1.49. The summed E-state index contributed by atoms with van der Waals surface area (Å²) in [6.07, 6.45) is 2.29. The SMILES string of the molecule is CCNC(CCSc1nc(C)co1)C(N)=O. The van der Waals surface area contributed by atoms with E-state index in [1.54, 1.807) is 6.26 Å². The average Bonchev–Trinajstić information content (AvgIpc) is 2.63. The molecule has 6 heteroatoms. The zero-order valence-electron chi connectivity index (χ0n) is 9.53. The van der Waals surface area contributed by atoms with Gasteiger partial charge in [-0.3, -0.25) is 4.79 Å². The van der Waals surface area contributed by atoms with Crippen molar-refractivity contribution in [3.63, 3.8) is 0 Å². The number of likely N-dealkylation sites (N-methyl/N-ethyl adjacent to an activating group) is 1. The van der Waals surface area contributed by atoms with Crippen LogP contribution in [0.3, 0.4) is 0 Å². The van der Waals surface area contributed by atoms with E-state index in [0.29, 0.717) is 11.6 Å². The highest BCUT2D eigenvalue weighted by Gasteiger charge is 2.13. The molecule has 1 heterocycles. The number of thioether (sulfide) groups is 1. The van der Waals surface area contributed by atoms with E-state index in [2.05, 4.69) is 10.3 Å². The number of amides is 1. The molecule has 5 nitrogen and oxygen atoms in total. The second-order valence-electron chi connectivity index (χ2n) is 3.40. The fourth-order valence-corrected chi connectivity index (χ4v) is 2.11. The lowest BCUT2D eigenvalue weighted by Gasteiger charge is -2.12. The third kappa shape index (κ3) is 4.24. The predicted octanol–water partition coefficient (Wildman–Crippen LogP) is 0.929. The molecule has 0 aromatic carbocycles. The van der Waals surface area contributed by atoms with Crippen LogP contribution in [0.2, 0.25) is 0 Å². The molecule has 0 radical (unpaired) electrons. The number of hydrogen-bond acceptors (Lipinski definition) is 5. The number of carbonyl (C=O) groups is 1. The number of nitrogens with two attached hydrogens (primary N) is 1. The number of nitrogens with zero attached hydrogens (tertiary/aromatic N) is 1. The van der Waals surface area contributed by atoms with Crippen LogP contribution >= 0.6 is 11.8 Å². The van der Waals surface area contributed by atoms with E-state index in [-0.39, 0.29) is 11.9 Å². The van der Waals surface area contributed by atoms with Crippen molar-refractivity contribution in [1.82, 2.24) is 10.3 Å². The van der Waals surface area contributed by atoms with Gasteiger partial charge in [-0.05, 0) is 19.9 Å². The molecule has 0 saturated heterocycles. The van der Waals surface area contributed by atoms with Gasteiger partial charge in [0.2, 0.25) is 5.91 Å². The minimum Gasteiger partial charge on any atom is -0.440 e. The molecule has 0 aliphatic carbocycles. The third-order valence-electron chi connectivity index (χ3n) is 2.02. The molecule has 1 aromatic heterocycles. The van der Waals surface area contributed by atoms with Gasteiger partial charge < -0.3 is 15.5 Å². The van der Waals surface area contributed by atoms with E-state index < -0.39 is 0 Å². The van der Waals surface area contributed by atoms with Crippen LogP contribution in [0.25, 0.3) is 0 Å². The average molecular weight is 243 g/mol. The van der Waals surface area contributed by atoms with E-state index in [4.69, 9.17) is 10.2 Å². The number of primary amides is 1. The fraction of sp³-hybridized carbons (Fsp3) is 0.600. The van der Waals surface area contributed by atoms with Gasteiger partial charge in [0, 0.05) is 5.75 Å². The molecule has 0 saturated carbocycles. The first-order chi connectivity index (χ1) is 7.63. The molecule has 0 aliphatic heterocycles. The molecule has 16 heavy (non-hydrogen) atoms. The van der Waals surface area contributed by atoms with Gasteiger partial charge in [-0.15, -0.1) is 0 Å². The van der Waals surface area contributed by atoms with Crippen molar-refractivity contribution in [1.29, 1.82) is 0 Å². The lowest BCUT2D eigenvalue weighted by molar-refractivity contribution is -0.120. The van der Waals surface area contributed by atoms with Crippen molar-refractivity contribution in [2.24, 2.45) is 5.73 Å². The molecular weight excluding hydrogens is 226 g/mol. The normalized spacial score (nSPS) is 12.6. The highest BCUT2D eigenvalue weighted by atomic mass is 32.2. The molecular formula is C10H17N3O2S. The predicted molar refractivity (Wildman–Crippen MR) is 63.2 cm³/mol. The highest BCUT2D eigenvalue weighted by Crippen LogP contribution is 2.18.